The molecule has 0 spiro atoms. The van der Waals surface area contributed by atoms with Gasteiger partial charge in [-0.05, 0) is 31.2 Å². The van der Waals surface area contributed by atoms with E-state index in [9.17, 15) is 4.79 Å². The van der Waals surface area contributed by atoms with Crippen LogP contribution in [-0.2, 0) is 11.2 Å². The molecule has 138 valence electrons. The lowest BCUT2D eigenvalue weighted by molar-refractivity contribution is -0.121. The number of amides is 1. The van der Waals surface area contributed by atoms with Crippen LogP contribution in [0.2, 0.25) is 0 Å². The molecule has 1 aromatic carbocycles. The molecule has 1 fully saturated rings. The van der Waals surface area contributed by atoms with Crippen molar-refractivity contribution in [3.8, 4) is 11.5 Å². The van der Waals surface area contributed by atoms with Crippen molar-refractivity contribution >= 4 is 5.91 Å². The number of hydrogen-bond acceptors (Lipinski definition) is 6. The van der Waals surface area contributed by atoms with Gasteiger partial charge < -0.3 is 9.84 Å². The highest BCUT2D eigenvalue weighted by molar-refractivity contribution is 5.78. The maximum atomic E-state index is 12.3. The van der Waals surface area contributed by atoms with Crippen molar-refractivity contribution in [2.45, 2.75) is 24.9 Å². The van der Waals surface area contributed by atoms with Crippen LogP contribution in [0.3, 0.4) is 0 Å². The first-order valence-electron chi connectivity index (χ1n) is 8.97. The second-order valence-corrected chi connectivity index (χ2v) is 6.79. The zero-order valence-corrected chi connectivity index (χ0v) is 15.1. The number of pyridine rings is 1. The summed E-state index contributed by atoms with van der Waals surface area (Å²) in [6.45, 7) is 0.743. The topological polar surface area (TPSA) is 84.2 Å². The van der Waals surface area contributed by atoms with Crippen molar-refractivity contribution in [1.29, 1.82) is 0 Å². The molecule has 0 aliphatic carbocycles. The highest BCUT2D eigenvalue weighted by atomic mass is 16.5. The quantitative estimate of drug-likeness (QED) is 0.748. The molecule has 0 radical (unpaired) electrons. The summed E-state index contributed by atoms with van der Waals surface area (Å²) < 4.78 is 5.47. The molecule has 2 unspecified atom stereocenters. The van der Waals surface area contributed by atoms with Gasteiger partial charge in [0.2, 0.25) is 17.6 Å². The smallest absolute Gasteiger partial charge is 0.244 e. The van der Waals surface area contributed by atoms with Gasteiger partial charge in [-0.25, -0.2) is 0 Å². The molecule has 0 bridgehead atoms. The van der Waals surface area contributed by atoms with Crippen LogP contribution in [0.15, 0.2) is 59.3 Å². The van der Waals surface area contributed by atoms with E-state index in [1.165, 1.54) is 0 Å². The Morgan fingerprint density at radius 2 is 2.04 bits per heavy atom. The molecule has 4 rings (SSSR count). The first-order valence-corrected chi connectivity index (χ1v) is 8.97. The van der Waals surface area contributed by atoms with Crippen LogP contribution >= 0.6 is 0 Å². The second-order valence-electron chi connectivity index (χ2n) is 6.79. The van der Waals surface area contributed by atoms with E-state index in [2.05, 4.69) is 25.3 Å². The Hall–Kier alpha value is -3.06. The number of hydrogen-bond donors (Lipinski definition) is 1. The number of carbonyl (C=O) groups is 1. The molecular weight excluding hydrogens is 342 g/mol. The van der Waals surface area contributed by atoms with Gasteiger partial charge in [0.1, 0.15) is 5.69 Å². The van der Waals surface area contributed by atoms with Gasteiger partial charge in [0.05, 0.1) is 12.5 Å². The van der Waals surface area contributed by atoms with E-state index in [1.807, 2.05) is 55.6 Å². The molecule has 1 aliphatic rings. The molecular formula is C20H21N5O2. The number of likely N-dealkylation sites (N-methyl/N-ethyl adjacent to an activating group) is 1. The van der Waals surface area contributed by atoms with Crippen LogP contribution < -0.4 is 5.32 Å². The molecule has 1 amide bonds. The van der Waals surface area contributed by atoms with E-state index in [-0.39, 0.29) is 18.0 Å². The van der Waals surface area contributed by atoms with E-state index in [4.69, 9.17) is 4.52 Å². The third-order valence-electron chi connectivity index (χ3n) is 4.74. The summed E-state index contributed by atoms with van der Waals surface area (Å²) in [6, 6.07) is 15.4. The van der Waals surface area contributed by atoms with Gasteiger partial charge in [0.15, 0.2) is 0 Å². The summed E-state index contributed by atoms with van der Waals surface area (Å²) in [5.74, 6) is 1.06. The number of benzene rings is 1. The summed E-state index contributed by atoms with van der Waals surface area (Å²) in [4.78, 5) is 23.2. The Morgan fingerprint density at radius 1 is 1.22 bits per heavy atom. The van der Waals surface area contributed by atoms with Crippen LogP contribution in [0.25, 0.3) is 11.5 Å². The van der Waals surface area contributed by atoms with E-state index >= 15 is 0 Å². The normalized spacial score (nSPS) is 19.9. The lowest BCUT2D eigenvalue weighted by Gasteiger charge is -2.14. The van der Waals surface area contributed by atoms with E-state index in [0.717, 1.165) is 18.5 Å². The molecule has 1 N–H and O–H groups in total. The van der Waals surface area contributed by atoms with Crippen molar-refractivity contribution in [3.05, 3.63) is 66.2 Å². The fourth-order valence-electron chi connectivity index (χ4n) is 3.42. The number of likely N-dealkylation sites (tertiary alicyclic amines) is 1. The Balaban J connectivity index is 1.38. The van der Waals surface area contributed by atoms with Gasteiger partial charge in [-0.2, -0.15) is 4.98 Å². The van der Waals surface area contributed by atoms with Crippen LogP contribution in [0.4, 0.5) is 0 Å². The SMILES string of the molecule is CN1CC(NC(=O)Cc2ccccc2)CC1c1nc(-c2ccccn2)no1. The van der Waals surface area contributed by atoms with Gasteiger partial charge in [-0.15, -0.1) is 0 Å². The monoisotopic (exact) mass is 363 g/mol. The zero-order chi connectivity index (χ0) is 18.6. The van der Waals surface area contributed by atoms with Gasteiger partial charge >= 0.3 is 0 Å². The Labute approximate surface area is 157 Å². The standard InChI is InChI=1S/C20H21N5O2/c1-25-13-15(22-18(26)11-14-7-3-2-4-8-14)12-17(25)20-23-19(24-27-20)16-9-5-6-10-21-16/h2-10,15,17H,11-13H2,1H3,(H,22,26). The van der Waals surface area contributed by atoms with Crippen LogP contribution in [0.1, 0.15) is 23.9 Å². The lowest BCUT2D eigenvalue weighted by Crippen LogP contribution is -2.37. The number of nitrogens with one attached hydrogen (secondary N) is 1. The predicted octanol–water partition coefficient (Wildman–Crippen LogP) is 2.24. The Bertz CT molecular complexity index is 897. The third kappa shape index (κ3) is 4.03. The van der Waals surface area contributed by atoms with Gasteiger partial charge in [-0.1, -0.05) is 41.6 Å². The van der Waals surface area contributed by atoms with E-state index in [0.29, 0.717) is 23.8 Å². The van der Waals surface area contributed by atoms with Crippen molar-refractivity contribution in [1.82, 2.24) is 25.3 Å². The van der Waals surface area contributed by atoms with Gasteiger partial charge in [0, 0.05) is 18.8 Å². The maximum absolute atomic E-state index is 12.3. The van der Waals surface area contributed by atoms with Crippen molar-refractivity contribution in [2.24, 2.45) is 0 Å². The van der Waals surface area contributed by atoms with Gasteiger partial charge in [-0.3, -0.25) is 14.7 Å². The van der Waals surface area contributed by atoms with Gasteiger partial charge in [0.25, 0.3) is 0 Å². The maximum Gasteiger partial charge on any atom is 0.244 e. The summed E-state index contributed by atoms with van der Waals surface area (Å²) in [6.07, 6.45) is 2.82. The molecule has 3 aromatic rings. The molecule has 0 saturated carbocycles. The first kappa shape index (κ1) is 17.4. The highest BCUT2D eigenvalue weighted by Gasteiger charge is 2.35. The number of aromatic nitrogens is 3. The van der Waals surface area contributed by atoms with Crippen molar-refractivity contribution < 1.29 is 9.32 Å². The summed E-state index contributed by atoms with van der Waals surface area (Å²) in [7, 11) is 2.00. The number of nitrogens with zero attached hydrogens (tertiary/aromatic N) is 4. The van der Waals surface area contributed by atoms with Crippen LogP contribution in [0.5, 0.6) is 0 Å². The minimum atomic E-state index is -0.0167. The van der Waals surface area contributed by atoms with Crippen LogP contribution in [-0.4, -0.2) is 45.6 Å². The Morgan fingerprint density at radius 3 is 2.81 bits per heavy atom. The average molecular weight is 363 g/mol. The molecule has 1 saturated heterocycles. The fourth-order valence-corrected chi connectivity index (χ4v) is 3.42. The molecule has 27 heavy (non-hydrogen) atoms. The molecule has 7 heteroatoms. The number of carbonyl (C=O) groups excluding carboxylic acids is 1. The van der Waals surface area contributed by atoms with Crippen LogP contribution in [0, 0.1) is 0 Å². The van der Waals surface area contributed by atoms with E-state index in [1.54, 1.807) is 6.20 Å². The molecule has 2 atom stereocenters. The zero-order valence-electron chi connectivity index (χ0n) is 15.1. The summed E-state index contributed by atoms with van der Waals surface area (Å²) in [5.41, 5.74) is 1.69. The molecule has 2 aromatic heterocycles. The number of rotatable bonds is 5. The van der Waals surface area contributed by atoms with Crippen molar-refractivity contribution in [3.63, 3.8) is 0 Å². The highest BCUT2D eigenvalue weighted by Crippen LogP contribution is 2.30. The minimum absolute atomic E-state index is 0.0167. The predicted molar refractivity (Wildman–Crippen MR) is 99.6 cm³/mol. The fraction of sp³-hybridized carbons (Fsp3) is 0.300. The summed E-state index contributed by atoms with van der Waals surface area (Å²) in [5, 5.41) is 7.16. The van der Waals surface area contributed by atoms with Crippen molar-refractivity contribution in [2.75, 3.05) is 13.6 Å². The third-order valence-corrected chi connectivity index (χ3v) is 4.74. The minimum Gasteiger partial charge on any atom is -0.352 e. The lowest BCUT2D eigenvalue weighted by atomic mass is 10.1. The largest absolute Gasteiger partial charge is 0.352 e. The average Bonchev–Trinajstić information content (AvgIpc) is 3.30. The molecule has 7 nitrogen and oxygen atoms in total. The summed E-state index contributed by atoms with van der Waals surface area (Å²) >= 11 is 0. The van der Waals surface area contributed by atoms with E-state index < -0.39 is 0 Å². The molecule has 3 heterocycles. The molecule has 1 aliphatic heterocycles. The first-order chi connectivity index (χ1) is 13.2. The second kappa shape index (κ2) is 7.67. The Kier molecular flexibility index (Phi) is 4.93.